The average Bonchev–Trinajstić information content (AvgIpc) is 2.75. The fourth-order valence-corrected chi connectivity index (χ4v) is 3.08. The largest absolute Gasteiger partial charge is 0.497 e. The maximum atomic E-state index is 13.1. The lowest BCUT2D eigenvalue weighted by Crippen LogP contribution is -2.49. The second-order valence-corrected chi connectivity index (χ2v) is 6.44. The zero-order valence-corrected chi connectivity index (χ0v) is 15.8. The lowest BCUT2D eigenvalue weighted by molar-refractivity contribution is 0.0549. The molecule has 27 heavy (non-hydrogen) atoms. The highest BCUT2D eigenvalue weighted by Crippen LogP contribution is 2.19. The van der Waals surface area contributed by atoms with Crippen molar-refractivity contribution in [3.63, 3.8) is 0 Å². The molecule has 1 aliphatic heterocycles. The lowest BCUT2D eigenvalue weighted by Gasteiger charge is -2.33. The number of ether oxygens (including phenoxy) is 2. The third-order valence-electron chi connectivity index (χ3n) is 4.73. The van der Waals surface area contributed by atoms with E-state index < -0.39 is 0 Å². The van der Waals surface area contributed by atoms with Crippen molar-refractivity contribution >= 4 is 17.5 Å². The number of carbonyl (C=O) groups excluding carboxylic acids is 1. The molecular formula is C22H26N2O3. The molecule has 0 N–H and O–H groups in total. The SMILES string of the molecule is C=C(OC)c1ccc(CCN(C(=O)N2CCOCC2)c2ccccc2)cc1. The molecular weight excluding hydrogens is 340 g/mol. The van der Waals surface area contributed by atoms with Crippen LogP contribution in [0.1, 0.15) is 11.1 Å². The van der Waals surface area contributed by atoms with E-state index in [1.807, 2.05) is 52.3 Å². The fraction of sp³-hybridized carbons (Fsp3) is 0.318. The van der Waals surface area contributed by atoms with Crippen LogP contribution >= 0.6 is 0 Å². The Morgan fingerprint density at radius 1 is 1.11 bits per heavy atom. The smallest absolute Gasteiger partial charge is 0.324 e. The minimum Gasteiger partial charge on any atom is -0.497 e. The molecule has 1 fully saturated rings. The molecule has 0 aromatic heterocycles. The van der Waals surface area contributed by atoms with Crippen LogP contribution in [0.15, 0.2) is 61.2 Å². The molecule has 0 atom stereocenters. The van der Waals surface area contributed by atoms with E-state index in [2.05, 4.69) is 18.7 Å². The average molecular weight is 366 g/mol. The fourth-order valence-electron chi connectivity index (χ4n) is 3.08. The van der Waals surface area contributed by atoms with Gasteiger partial charge in [-0.1, -0.05) is 49.0 Å². The van der Waals surface area contributed by atoms with Crippen LogP contribution in [0, 0.1) is 0 Å². The number of para-hydroxylation sites is 1. The second-order valence-electron chi connectivity index (χ2n) is 6.44. The van der Waals surface area contributed by atoms with E-state index in [0.717, 1.165) is 17.7 Å². The van der Waals surface area contributed by atoms with E-state index in [1.165, 1.54) is 5.56 Å². The molecule has 0 radical (unpaired) electrons. The minimum absolute atomic E-state index is 0.0360. The van der Waals surface area contributed by atoms with Gasteiger partial charge in [0.15, 0.2) is 0 Å². The van der Waals surface area contributed by atoms with Gasteiger partial charge >= 0.3 is 6.03 Å². The van der Waals surface area contributed by atoms with Crippen LogP contribution in [0.2, 0.25) is 0 Å². The zero-order valence-electron chi connectivity index (χ0n) is 15.8. The Morgan fingerprint density at radius 2 is 1.78 bits per heavy atom. The highest BCUT2D eigenvalue weighted by atomic mass is 16.5. The van der Waals surface area contributed by atoms with Gasteiger partial charge in [0.05, 0.1) is 20.3 Å². The summed E-state index contributed by atoms with van der Waals surface area (Å²) in [5, 5.41) is 0. The molecule has 3 rings (SSSR count). The van der Waals surface area contributed by atoms with Gasteiger partial charge < -0.3 is 14.4 Å². The van der Waals surface area contributed by atoms with Crippen LogP contribution in [0.25, 0.3) is 5.76 Å². The highest BCUT2D eigenvalue weighted by molar-refractivity contribution is 5.92. The summed E-state index contributed by atoms with van der Waals surface area (Å²) >= 11 is 0. The number of hydrogen-bond acceptors (Lipinski definition) is 3. The Morgan fingerprint density at radius 3 is 2.41 bits per heavy atom. The number of rotatable bonds is 6. The molecule has 1 heterocycles. The van der Waals surface area contributed by atoms with Crippen molar-refractivity contribution in [1.82, 2.24) is 4.90 Å². The van der Waals surface area contributed by atoms with Crippen LogP contribution in [-0.2, 0) is 15.9 Å². The third kappa shape index (κ3) is 4.89. The van der Waals surface area contributed by atoms with Crippen LogP contribution in [-0.4, -0.2) is 50.9 Å². The number of benzene rings is 2. The maximum Gasteiger partial charge on any atom is 0.324 e. The summed E-state index contributed by atoms with van der Waals surface area (Å²) in [6.07, 6.45) is 0.769. The number of hydrogen-bond donors (Lipinski definition) is 0. The third-order valence-corrected chi connectivity index (χ3v) is 4.73. The standard InChI is InChI=1S/C22H26N2O3/c1-18(26-2)20-10-8-19(9-11-20)12-13-24(21-6-4-3-5-7-21)22(25)23-14-16-27-17-15-23/h3-11H,1,12-17H2,2H3. The minimum atomic E-state index is 0.0360. The van der Waals surface area contributed by atoms with E-state index in [1.54, 1.807) is 7.11 Å². The molecule has 0 unspecified atom stereocenters. The normalized spacial score (nSPS) is 13.9. The molecule has 142 valence electrons. The van der Waals surface area contributed by atoms with Gasteiger partial charge in [0.1, 0.15) is 5.76 Å². The van der Waals surface area contributed by atoms with Crippen LogP contribution < -0.4 is 4.90 Å². The first kappa shape index (κ1) is 19.0. The number of carbonyl (C=O) groups is 1. The molecule has 5 nitrogen and oxygen atoms in total. The number of urea groups is 1. The molecule has 0 aliphatic carbocycles. The quantitative estimate of drug-likeness (QED) is 0.730. The number of amides is 2. The van der Waals surface area contributed by atoms with Crippen LogP contribution in [0.3, 0.4) is 0 Å². The van der Waals surface area contributed by atoms with Gasteiger partial charge in [-0.2, -0.15) is 0 Å². The molecule has 0 bridgehead atoms. The van der Waals surface area contributed by atoms with E-state index in [0.29, 0.717) is 38.6 Å². The van der Waals surface area contributed by atoms with Crippen molar-refractivity contribution < 1.29 is 14.3 Å². The summed E-state index contributed by atoms with van der Waals surface area (Å²) in [6, 6.07) is 18.0. The Hall–Kier alpha value is -2.79. The second kappa shape index (κ2) is 9.24. The first-order valence-electron chi connectivity index (χ1n) is 9.20. The molecule has 2 amide bonds. The summed E-state index contributed by atoms with van der Waals surface area (Å²) in [4.78, 5) is 16.8. The molecule has 2 aromatic carbocycles. The number of anilines is 1. The summed E-state index contributed by atoms with van der Waals surface area (Å²) in [6.45, 7) is 6.95. The molecule has 2 aromatic rings. The van der Waals surface area contributed by atoms with Gasteiger partial charge in [-0.15, -0.1) is 0 Å². The van der Waals surface area contributed by atoms with E-state index >= 15 is 0 Å². The Balaban J connectivity index is 1.71. The molecule has 1 saturated heterocycles. The van der Waals surface area contributed by atoms with Crippen molar-refractivity contribution in [1.29, 1.82) is 0 Å². The topological polar surface area (TPSA) is 42.0 Å². The Bertz CT molecular complexity index is 753. The summed E-state index contributed by atoms with van der Waals surface area (Å²) in [5.74, 6) is 0.648. The summed E-state index contributed by atoms with van der Waals surface area (Å²) < 4.78 is 10.5. The first-order valence-corrected chi connectivity index (χ1v) is 9.20. The molecule has 5 heteroatoms. The first-order chi connectivity index (χ1) is 13.2. The zero-order chi connectivity index (χ0) is 19.1. The Kier molecular flexibility index (Phi) is 6.49. The maximum absolute atomic E-state index is 13.1. The van der Waals surface area contributed by atoms with Gasteiger partial charge in [0.25, 0.3) is 0 Å². The van der Waals surface area contributed by atoms with Crippen molar-refractivity contribution in [3.05, 3.63) is 72.3 Å². The van der Waals surface area contributed by atoms with Gasteiger partial charge in [-0.25, -0.2) is 4.79 Å². The molecule has 0 spiro atoms. The summed E-state index contributed by atoms with van der Waals surface area (Å²) in [5.41, 5.74) is 3.04. The number of methoxy groups -OCH3 is 1. The predicted molar refractivity (Wildman–Crippen MR) is 108 cm³/mol. The van der Waals surface area contributed by atoms with Crippen molar-refractivity contribution in [3.8, 4) is 0 Å². The van der Waals surface area contributed by atoms with Gasteiger partial charge in [-0.05, 0) is 24.1 Å². The number of morpholine rings is 1. The van der Waals surface area contributed by atoms with Crippen molar-refractivity contribution in [2.45, 2.75) is 6.42 Å². The van der Waals surface area contributed by atoms with E-state index in [-0.39, 0.29) is 6.03 Å². The van der Waals surface area contributed by atoms with Gasteiger partial charge in [0.2, 0.25) is 0 Å². The molecule has 0 saturated carbocycles. The van der Waals surface area contributed by atoms with Crippen LogP contribution in [0.5, 0.6) is 0 Å². The van der Waals surface area contributed by atoms with Gasteiger partial charge in [0, 0.05) is 30.9 Å². The van der Waals surface area contributed by atoms with Crippen molar-refractivity contribution in [2.24, 2.45) is 0 Å². The monoisotopic (exact) mass is 366 g/mol. The predicted octanol–water partition coefficient (Wildman–Crippen LogP) is 3.81. The summed E-state index contributed by atoms with van der Waals surface area (Å²) in [7, 11) is 1.62. The van der Waals surface area contributed by atoms with Crippen molar-refractivity contribution in [2.75, 3.05) is 44.9 Å². The number of nitrogens with zero attached hydrogens (tertiary/aromatic N) is 2. The van der Waals surface area contributed by atoms with Crippen LogP contribution in [0.4, 0.5) is 10.5 Å². The highest BCUT2D eigenvalue weighted by Gasteiger charge is 2.23. The molecule has 1 aliphatic rings. The van der Waals surface area contributed by atoms with Gasteiger partial charge in [-0.3, -0.25) is 4.90 Å². The van der Waals surface area contributed by atoms with E-state index in [4.69, 9.17) is 9.47 Å². The van der Waals surface area contributed by atoms with E-state index in [9.17, 15) is 4.79 Å². The Labute approximate surface area is 160 Å². The lowest BCUT2D eigenvalue weighted by atomic mass is 10.1.